The second kappa shape index (κ2) is 13.7. The van der Waals surface area contributed by atoms with E-state index in [1.165, 1.54) is 7.11 Å². The van der Waals surface area contributed by atoms with Gasteiger partial charge in [-0.3, -0.25) is 0 Å². The molecule has 2 aromatic rings. The predicted octanol–water partition coefficient (Wildman–Crippen LogP) is 2.09. The van der Waals surface area contributed by atoms with Crippen LogP contribution in [0.4, 0.5) is 4.79 Å². The first kappa shape index (κ1) is 28.0. The molecule has 3 rings (SSSR count). The number of hydrogen-bond donors (Lipinski definition) is 1. The van der Waals surface area contributed by atoms with Crippen molar-refractivity contribution in [1.29, 1.82) is 0 Å². The summed E-state index contributed by atoms with van der Waals surface area (Å²) in [6, 6.07) is 19.0. The Morgan fingerprint density at radius 3 is 2.00 bits per heavy atom. The fourth-order valence-electron chi connectivity index (χ4n) is 3.59. The predicted molar refractivity (Wildman–Crippen MR) is 129 cm³/mol. The number of carbonyl (C=O) groups excluding carboxylic acids is 1. The smallest absolute Gasteiger partial charge is 0.433 e. The van der Waals surface area contributed by atoms with Crippen LogP contribution in [-0.4, -0.2) is 82.7 Å². The lowest BCUT2D eigenvalue weighted by Crippen LogP contribution is -2.60. The van der Waals surface area contributed by atoms with Gasteiger partial charge in [0.1, 0.15) is 37.6 Å². The van der Waals surface area contributed by atoms with Gasteiger partial charge >= 0.3 is 6.16 Å². The van der Waals surface area contributed by atoms with Crippen LogP contribution in [0.25, 0.3) is 0 Å². The molecule has 5 atom stereocenters. The number of carbonyl (C=O) groups is 1. The van der Waals surface area contributed by atoms with Crippen molar-refractivity contribution in [2.24, 2.45) is 0 Å². The van der Waals surface area contributed by atoms with E-state index in [4.69, 9.17) is 28.4 Å². The molecule has 2 aromatic carbocycles. The molecule has 0 bridgehead atoms. The molecular formula is C25H32O10S. The standard InChI is InChI=1S/C25H32O10S/c1-30-24-23(33-16-19-11-7-4-8-12-19)22(32-15-18-9-5-3-6-10-18)21(26)20(35-24)17-34-25(27)31-13-14-36(2,28)29/h3-12,20-24,26H,13-17H2,1-2H3/t20-,21-,22+,23-,24+/m1/s1. The molecule has 1 heterocycles. The molecule has 0 amide bonds. The Morgan fingerprint density at radius 2 is 1.47 bits per heavy atom. The Bertz CT molecular complexity index is 1030. The molecule has 0 aromatic heterocycles. The van der Waals surface area contributed by atoms with Gasteiger partial charge in [0.25, 0.3) is 0 Å². The van der Waals surface area contributed by atoms with Gasteiger partial charge in [0.2, 0.25) is 0 Å². The highest BCUT2D eigenvalue weighted by atomic mass is 32.2. The van der Waals surface area contributed by atoms with E-state index in [1.807, 2.05) is 60.7 Å². The number of hydrogen-bond acceptors (Lipinski definition) is 10. The third kappa shape index (κ3) is 8.84. The summed E-state index contributed by atoms with van der Waals surface area (Å²) in [5.74, 6) is -0.327. The Morgan fingerprint density at radius 1 is 0.917 bits per heavy atom. The third-order valence-corrected chi connectivity index (χ3v) is 6.37. The van der Waals surface area contributed by atoms with E-state index >= 15 is 0 Å². The second-order valence-electron chi connectivity index (χ2n) is 8.33. The van der Waals surface area contributed by atoms with Crippen LogP contribution in [0.2, 0.25) is 0 Å². The van der Waals surface area contributed by atoms with Crippen molar-refractivity contribution in [2.45, 2.75) is 43.9 Å². The molecule has 0 unspecified atom stereocenters. The van der Waals surface area contributed by atoms with Crippen LogP contribution >= 0.6 is 0 Å². The van der Waals surface area contributed by atoms with Gasteiger partial charge < -0.3 is 33.5 Å². The number of ether oxygens (including phenoxy) is 6. The van der Waals surface area contributed by atoms with Crippen LogP contribution in [0.1, 0.15) is 11.1 Å². The summed E-state index contributed by atoms with van der Waals surface area (Å²) in [6.45, 7) is -0.272. The summed E-state index contributed by atoms with van der Waals surface area (Å²) >= 11 is 0. The lowest BCUT2D eigenvalue weighted by atomic mass is 9.98. The van der Waals surface area contributed by atoms with Crippen molar-refractivity contribution in [2.75, 3.05) is 32.3 Å². The lowest BCUT2D eigenvalue weighted by molar-refractivity contribution is -0.314. The molecule has 1 aliphatic heterocycles. The number of rotatable bonds is 12. The van der Waals surface area contributed by atoms with E-state index in [9.17, 15) is 18.3 Å². The van der Waals surface area contributed by atoms with Crippen LogP contribution < -0.4 is 0 Å². The highest BCUT2D eigenvalue weighted by Gasteiger charge is 2.47. The van der Waals surface area contributed by atoms with Gasteiger partial charge in [-0.15, -0.1) is 0 Å². The van der Waals surface area contributed by atoms with Crippen molar-refractivity contribution in [3.05, 3.63) is 71.8 Å². The summed E-state index contributed by atoms with van der Waals surface area (Å²) in [5.41, 5.74) is 1.82. The van der Waals surface area contributed by atoms with Crippen LogP contribution in [0.15, 0.2) is 60.7 Å². The van der Waals surface area contributed by atoms with Gasteiger partial charge in [-0.05, 0) is 11.1 Å². The molecular weight excluding hydrogens is 492 g/mol. The van der Waals surface area contributed by atoms with Crippen molar-refractivity contribution >= 4 is 16.0 Å². The minimum Gasteiger partial charge on any atom is -0.433 e. The molecule has 0 saturated carbocycles. The van der Waals surface area contributed by atoms with Gasteiger partial charge in [-0.1, -0.05) is 60.7 Å². The highest BCUT2D eigenvalue weighted by molar-refractivity contribution is 7.90. The van der Waals surface area contributed by atoms with Crippen LogP contribution in [0, 0.1) is 0 Å². The minimum atomic E-state index is -3.29. The number of sulfone groups is 1. The van der Waals surface area contributed by atoms with E-state index < -0.39 is 46.7 Å². The molecule has 1 fully saturated rings. The molecule has 36 heavy (non-hydrogen) atoms. The maximum Gasteiger partial charge on any atom is 0.508 e. The zero-order chi connectivity index (χ0) is 26.0. The van der Waals surface area contributed by atoms with Gasteiger partial charge in [-0.25, -0.2) is 13.2 Å². The fraction of sp³-hybridized carbons (Fsp3) is 0.480. The molecule has 1 saturated heterocycles. The maximum atomic E-state index is 11.9. The number of aliphatic hydroxyl groups excluding tert-OH is 1. The normalized spacial score (nSPS) is 24.2. The average Bonchev–Trinajstić information content (AvgIpc) is 2.86. The first-order valence-corrected chi connectivity index (χ1v) is 13.5. The quantitative estimate of drug-likeness (QED) is 0.412. The first-order chi connectivity index (χ1) is 17.3. The summed E-state index contributed by atoms with van der Waals surface area (Å²) in [4.78, 5) is 11.9. The number of benzene rings is 2. The van der Waals surface area contributed by atoms with E-state index in [2.05, 4.69) is 0 Å². The van der Waals surface area contributed by atoms with Crippen LogP contribution in [0.3, 0.4) is 0 Å². The van der Waals surface area contributed by atoms with Gasteiger partial charge in [0.05, 0.1) is 19.0 Å². The lowest BCUT2D eigenvalue weighted by Gasteiger charge is -2.43. The van der Waals surface area contributed by atoms with E-state index in [-0.39, 0.29) is 32.2 Å². The monoisotopic (exact) mass is 524 g/mol. The molecule has 0 spiro atoms. The Kier molecular flexibility index (Phi) is 10.7. The SMILES string of the molecule is CO[C@H]1O[C@H](COC(=O)OCCS(C)(=O)=O)[C@@H](O)[C@H](OCc2ccccc2)[C@H]1OCc1ccccc1. The van der Waals surface area contributed by atoms with Gasteiger partial charge in [0, 0.05) is 13.4 Å². The maximum absolute atomic E-state index is 11.9. The molecule has 10 nitrogen and oxygen atoms in total. The van der Waals surface area contributed by atoms with E-state index in [1.54, 1.807) is 0 Å². The number of aliphatic hydroxyl groups is 1. The number of methoxy groups -OCH3 is 1. The van der Waals surface area contributed by atoms with Gasteiger partial charge in [-0.2, -0.15) is 0 Å². The summed E-state index contributed by atoms with van der Waals surface area (Å²) in [7, 11) is -1.85. The minimum absolute atomic E-state index is 0.200. The zero-order valence-corrected chi connectivity index (χ0v) is 21.0. The zero-order valence-electron chi connectivity index (χ0n) is 20.2. The Hall–Kier alpha value is -2.54. The molecule has 198 valence electrons. The summed E-state index contributed by atoms with van der Waals surface area (Å²) < 4.78 is 55.7. The van der Waals surface area contributed by atoms with Crippen molar-refractivity contribution in [1.82, 2.24) is 0 Å². The van der Waals surface area contributed by atoms with Crippen LogP contribution in [-0.2, 0) is 51.5 Å². The van der Waals surface area contributed by atoms with Crippen molar-refractivity contribution in [3.8, 4) is 0 Å². The van der Waals surface area contributed by atoms with Crippen LogP contribution in [0.5, 0.6) is 0 Å². The summed E-state index contributed by atoms with van der Waals surface area (Å²) in [6.07, 6.45) is -4.86. The van der Waals surface area contributed by atoms with Crippen molar-refractivity contribution < 1.29 is 46.7 Å². The summed E-state index contributed by atoms with van der Waals surface area (Å²) in [5, 5.41) is 11.1. The molecule has 0 radical (unpaired) electrons. The topological polar surface area (TPSA) is 127 Å². The fourth-order valence-corrected chi connectivity index (χ4v) is 3.97. The van der Waals surface area contributed by atoms with E-state index in [0.29, 0.717) is 0 Å². The Balaban J connectivity index is 1.66. The van der Waals surface area contributed by atoms with Gasteiger partial charge in [0.15, 0.2) is 16.1 Å². The molecule has 11 heteroatoms. The second-order valence-corrected chi connectivity index (χ2v) is 10.6. The first-order valence-electron chi connectivity index (χ1n) is 11.4. The largest absolute Gasteiger partial charge is 0.508 e. The average molecular weight is 525 g/mol. The Labute approximate surface area is 210 Å². The van der Waals surface area contributed by atoms with Crippen molar-refractivity contribution in [3.63, 3.8) is 0 Å². The van der Waals surface area contributed by atoms with E-state index in [0.717, 1.165) is 17.4 Å². The highest BCUT2D eigenvalue weighted by Crippen LogP contribution is 2.28. The molecule has 1 aliphatic rings. The molecule has 0 aliphatic carbocycles. The molecule has 1 N–H and O–H groups in total. The third-order valence-electron chi connectivity index (χ3n) is 5.46.